The van der Waals surface area contributed by atoms with E-state index < -0.39 is 16.9 Å². The number of benzene rings is 1. The Morgan fingerprint density at radius 3 is 2.42 bits per heavy atom. The van der Waals surface area contributed by atoms with E-state index in [1.165, 1.54) is 0 Å². The molecule has 1 aromatic rings. The zero-order valence-corrected chi connectivity index (χ0v) is 14.7. The second-order valence-corrected chi connectivity index (χ2v) is 11.4. The van der Waals surface area contributed by atoms with Crippen LogP contribution in [0.1, 0.15) is 20.3 Å². The Morgan fingerprint density at radius 2 is 1.95 bits per heavy atom. The summed E-state index contributed by atoms with van der Waals surface area (Å²) in [4.78, 5) is 0.776. The van der Waals surface area contributed by atoms with Crippen molar-refractivity contribution in [2.24, 2.45) is 0 Å². The minimum atomic E-state index is -2.32. The Bertz CT molecular complexity index is 423. The van der Waals surface area contributed by atoms with Gasteiger partial charge in [0.15, 0.2) is 4.90 Å². The topological polar surface area (TPSA) is 41.5 Å². The molecule has 0 aromatic heterocycles. The summed E-state index contributed by atoms with van der Waals surface area (Å²) in [6.45, 7) is 4.56. The molecule has 7 heteroatoms. The molecule has 1 aromatic carbocycles. The lowest BCUT2D eigenvalue weighted by molar-refractivity contribution is 0.344. The molecule has 2 atom stereocenters. The SMILES string of the molecule is CCCSP(=S)(OCC)Oc1ccc([S+](C)[O-])cc1. The van der Waals surface area contributed by atoms with E-state index in [0.717, 1.165) is 17.1 Å². The van der Waals surface area contributed by atoms with E-state index in [0.29, 0.717) is 12.4 Å². The molecule has 0 fully saturated rings. The predicted octanol–water partition coefficient (Wildman–Crippen LogP) is 4.21. The molecule has 0 saturated carbocycles. The van der Waals surface area contributed by atoms with Crippen LogP contribution in [-0.4, -0.2) is 23.2 Å². The molecule has 0 N–H and O–H groups in total. The van der Waals surface area contributed by atoms with Crippen LogP contribution in [0.3, 0.4) is 0 Å². The van der Waals surface area contributed by atoms with Crippen LogP contribution in [0, 0.1) is 0 Å². The molecule has 0 heterocycles. The van der Waals surface area contributed by atoms with Gasteiger partial charge in [-0.25, -0.2) is 0 Å². The van der Waals surface area contributed by atoms with Crippen molar-refractivity contribution in [1.82, 2.24) is 0 Å². The minimum absolute atomic E-state index is 0.547. The molecule has 2 unspecified atom stereocenters. The van der Waals surface area contributed by atoms with Crippen LogP contribution in [-0.2, 0) is 27.5 Å². The van der Waals surface area contributed by atoms with Crippen molar-refractivity contribution in [1.29, 1.82) is 0 Å². The molecular weight excluding hydrogens is 319 g/mol. The molecule has 0 spiro atoms. The van der Waals surface area contributed by atoms with Crippen LogP contribution in [0.25, 0.3) is 0 Å². The van der Waals surface area contributed by atoms with E-state index >= 15 is 0 Å². The van der Waals surface area contributed by atoms with Crippen molar-refractivity contribution in [3.8, 4) is 5.75 Å². The van der Waals surface area contributed by atoms with Crippen LogP contribution in [0.4, 0.5) is 0 Å². The Hall–Kier alpha value is 0.290. The van der Waals surface area contributed by atoms with E-state index in [-0.39, 0.29) is 0 Å². The fourth-order valence-corrected chi connectivity index (χ4v) is 6.49. The highest BCUT2D eigenvalue weighted by atomic mass is 32.9. The average molecular weight is 338 g/mol. The van der Waals surface area contributed by atoms with Crippen molar-refractivity contribution in [2.45, 2.75) is 25.2 Å². The zero-order chi connectivity index (χ0) is 14.3. The first-order chi connectivity index (χ1) is 9.00. The summed E-state index contributed by atoms with van der Waals surface area (Å²) >= 11 is 6.10. The first-order valence-electron chi connectivity index (χ1n) is 6.03. The van der Waals surface area contributed by atoms with Gasteiger partial charge in [0, 0.05) is 5.75 Å². The zero-order valence-electron chi connectivity index (χ0n) is 11.3. The third kappa shape index (κ3) is 6.06. The molecule has 0 radical (unpaired) electrons. The van der Waals surface area contributed by atoms with Crippen LogP contribution in [0.5, 0.6) is 5.75 Å². The standard InChI is InChI=1S/C12H19O3PS3/c1-4-10-18-16(17,14-5-2)15-11-6-8-12(9-7-11)19(3)13/h6-9H,4-5,10H2,1-3H3. The van der Waals surface area contributed by atoms with Crippen molar-refractivity contribution in [2.75, 3.05) is 18.6 Å². The maximum Gasteiger partial charge on any atom is 0.297 e. The van der Waals surface area contributed by atoms with Crippen LogP contribution in [0.2, 0.25) is 0 Å². The summed E-state index contributed by atoms with van der Waals surface area (Å²) in [6.07, 6.45) is 2.69. The molecular formula is C12H19O3PS3. The number of hydrogen-bond acceptors (Lipinski definition) is 5. The third-order valence-electron chi connectivity index (χ3n) is 2.11. The van der Waals surface area contributed by atoms with E-state index in [1.807, 2.05) is 6.92 Å². The number of hydrogen-bond donors (Lipinski definition) is 0. The molecule has 0 aliphatic rings. The Kier molecular flexibility index (Phi) is 7.80. The minimum Gasteiger partial charge on any atom is -0.612 e. The normalized spacial score (nSPS) is 15.8. The summed E-state index contributed by atoms with van der Waals surface area (Å²) in [5, 5.41) is 0. The Balaban J connectivity index is 2.75. The summed E-state index contributed by atoms with van der Waals surface area (Å²) in [7, 11) is 0. The smallest absolute Gasteiger partial charge is 0.297 e. The average Bonchev–Trinajstić information content (AvgIpc) is 2.37. The molecule has 0 bridgehead atoms. The summed E-state index contributed by atoms with van der Waals surface area (Å²) in [6, 6.07) is 7.18. The molecule has 0 saturated heterocycles. The highest BCUT2D eigenvalue weighted by Gasteiger charge is 2.21. The lowest BCUT2D eigenvalue weighted by Gasteiger charge is -2.21. The van der Waals surface area contributed by atoms with Gasteiger partial charge in [-0.15, -0.1) is 0 Å². The monoisotopic (exact) mass is 338 g/mol. The Labute approximate surface area is 127 Å². The molecule has 108 valence electrons. The van der Waals surface area contributed by atoms with E-state index in [4.69, 9.17) is 20.9 Å². The highest BCUT2D eigenvalue weighted by molar-refractivity contribution is 8.68. The number of rotatable bonds is 8. The lowest BCUT2D eigenvalue weighted by Crippen LogP contribution is -1.98. The van der Waals surface area contributed by atoms with E-state index in [9.17, 15) is 4.55 Å². The highest BCUT2D eigenvalue weighted by Crippen LogP contribution is 2.60. The van der Waals surface area contributed by atoms with Gasteiger partial charge in [0.2, 0.25) is 0 Å². The predicted molar refractivity (Wildman–Crippen MR) is 88.1 cm³/mol. The molecule has 0 aliphatic carbocycles. The third-order valence-corrected chi connectivity index (χ3v) is 8.49. The van der Waals surface area contributed by atoms with Gasteiger partial charge in [-0.2, -0.15) is 0 Å². The fraction of sp³-hybridized carbons (Fsp3) is 0.500. The lowest BCUT2D eigenvalue weighted by atomic mass is 10.3. The van der Waals surface area contributed by atoms with Gasteiger partial charge in [0.05, 0.1) is 6.61 Å². The molecule has 1 rings (SSSR count). The van der Waals surface area contributed by atoms with Gasteiger partial charge >= 0.3 is 0 Å². The van der Waals surface area contributed by atoms with Crippen molar-refractivity contribution in [3.05, 3.63) is 24.3 Å². The van der Waals surface area contributed by atoms with Crippen molar-refractivity contribution < 1.29 is 13.6 Å². The van der Waals surface area contributed by atoms with Gasteiger partial charge in [0.25, 0.3) is 5.69 Å². The summed E-state index contributed by atoms with van der Waals surface area (Å²) in [5.74, 6) is 1.60. The Morgan fingerprint density at radius 1 is 1.32 bits per heavy atom. The summed E-state index contributed by atoms with van der Waals surface area (Å²) in [5.41, 5.74) is -2.32. The summed E-state index contributed by atoms with van der Waals surface area (Å²) < 4.78 is 22.8. The molecule has 19 heavy (non-hydrogen) atoms. The maximum atomic E-state index is 11.3. The van der Waals surface area contributed by atoms with E-state index in [1.54, 1.807) is 41.9 Å². The van der Waals surface area contributed by atoms with Crippen LogP contribution < -0.4 is 4.52 Å². The van der Waals surface area contributed by atoms with Crippen molar-refractivity contribution >= 4 is 40.1 Å². The van der Waals surface area contributed by atoms with Gasteiger partial charge in [0.1, 0.15) is 12.0 Å². The molecule has 3 nitrogen and oxygen atoms in total. The van der Waals surface area contributed by atoms with Gasteiger partial charge in [-0.1, -0.05) is 18.3 Å². The van der Waals surface area contributed by atoms with Gasteiger partial charge in [-0.05, 0) is 60.6 Å². The first kappa shape index (κ1) is 17.3. The van der Waals surface area contributed by atoms with Gasteiger partial charge in [-0.3, -0.25) is 0 Å². The van der Waals surface area contributed by atoms with Gasteiger partial charge < -0.3 is 13.6 Å². The second kappa shape index (κ2) is 8.55. The molecule has 0 aliphatic heterocycles. The molecule has 0 amide bonds. The van der Waals surface area contributed by atoms with Crippen molar-refractivity contribution in [3.63, 3.8) is 0 Å². The largest absolute Gasteiger partial charge is 0.612 e. The fourth-order valence-electron chi connectivity index (χ4n) is 1.27. The first-order valence-corrected chi connectivity index (χ1v) is 11.8. The second-order valence-electron chi connectivity index (χ2n) is 3.72. The maximum absolute atomic E-state index is 11.3. The van der Waals surface area contributed by atoms with E-state index in [2.05, 4.69) is 6.92 Å². The van der Waals surface area contributed by atoms with Crippen LogP contribution in [0.15, 0.2) is 29.2 Å². The van der Waals surface area contributed by atoms with Crippen LogP contribution >= 0.6 is 17.1 Å². The quantitative estimate of drug-likeness (QED) is 0.525.